The Morgan fingerprint density at radius 1 is 1.55 bits per heavy atom. The molecule has 9 nitrogen and oxygen atoms in total. The SMILES string of the molecule is CCCC(C1CC1)N(C(=O)OCCO[N+](=O)[O-])C1=NCCO1. The zero-order chi connectivity index (χ0) is 15.9. The number of amides is 1. The lowest BCUT2D eigenvalue weighted by atomic mass is 10.1. The molecular formula is C13H21N3O6. The minimum Gasteiger partial charge on any atom is -0.463 e. The van der Waals surface area contributed by atoms with Crippen LogP contribution in [0.2, 0.25) is 0 Å². The molecule has 1 aliphatic carbocycles. The molecule has 124 valence electrons. The fraction of sp³-hybridized carbons (Fsp3) is 0.846. The highest BCUT2D eigenvalue weighted by atomic mass is 17.0. The molecule has 2 rings (SSSR count). The van der Waals surface area contributed by atoms with Crippen LogP contribution < -0.4 is 0 Å². The average Bonchev–Trinajstić information content (AvgIpc) is 3.19. The molecule has 0 aromatic heterocycles. The predicted molar refractivity (Wildman–Crippen MR) is 75.8 cm³/mol. The highest BCUT2D eigenvalue weighted by Crippen LogP contribution is 2.38. The number of rotatable bonds is 8. The lowest BCUT2D eigenvalue weighted by Gasteiger charge is -2.29. The Morgan fingerprint density at radius 3 is 2.86 bits per heavy atom. The highest BCUT2D eigenvalue weighted by molar-refractivity contribution is 5.91. The summed E-state index contributed by atoms with van der Waals surface area (Å²) in [4.78, 5) is 32.2. The summed E-state index contributed by atoms with van der Waals surface area (Å²) in [7, 11) is 0. The standard InChI is InChI=1S/C13H21N3O6/c1-2-3-11(10-4-5-10)15(12-14-6-7-20-12)13(17)21-8-9-22-16(18)19/h10-11H,2-9H2,1H3. The Morgan fingerprint density at radius 2 is 2.32 bits per heavy atom. The molecule has 1 saturated carbocycles. The molecule has 9 heteroatoms. The molecule has 1 atom stereocenters. The van der Waals surface area contributed by atoms with Crippen molar-refractivity contribution < 1.29 is 24.2 Å². The van der Waals surface area contributed by atoms with Crippen LogP contribution in [0.3, 0.4) is 0 Å². The summed E-state index contributed by atoms with van der Waals surface area (Å²) in [6.45, 7) is 2.55. The maximum absolute atomic E-state index is 12.3. The third-order valence-corrected chi connectivity index (χ3v) is 3.56. The zero-order valence-corrected chi connectivity index (χ0v) is 12.6. The normalized spacial score (nSPS) is 18.1. The summed E-state index contributed by atoms with van der Waals surface area (Å²) in [6.07, 6.45) is 3.34. The van der Waals surface area contributed by atoms with Gasteiger partial charge in [-0.1, -0.05) is 13.3 Å². The molecule has 0 saturated heterocycles. The van der Waals surface area contributed by atoms with Crippen molar-refractivity contribution in [3.8, 4) is 0 Å². The Labute approximate surface area is 128 Å². The molecule has 0 bridgehead atoms. The quantitative estimate of drug-likeness (QED) is 0.383. The summed E-state index contributed by atoms with van der Waals surface area (Å²) in [5.74, 6) is 0.439. The molecule has 2 aliphatic rings. The fourth-order valence-corrected chi connectivity index (χ4v) is 2.49. The summed E-state index contributed by atoms with van der Waals surface area (Å²) in [6, 6.07) is 0.302. The van der Waals surface area contributed by atoms with Crippen LogP contribution in [-0.4, -0.2) is 54.5 Å². The third kappa shape index (κ3) is 4.47. The van der Waals surface area contributed by atoms with E-state index in [9.17, 15) is 14.9 Å². The van der Waals surface area contributed by atoms with Gasteiger partial charge < -0.3 is 14.3 Å². The van der Waals surface area contributed by atoms with Crippen LogP contribution in [0.15, 0.2) is 4.99 Å². The molecule has 0 aromatic carbocycles. The van der Waals surface area contributed by atoms with Gasteiger partial charge >= 0.3 is 6.09 Å². The second-order valence-electron chi connectivity index (χ2n) is 5.25. The van der Waals surface area contributed by atoms with Gasteiger partial charge in [0.25, 0.3) is 11.1 Å². The van der Waals surface area contributed by atoms with Crippen LogP contribution in [-0.2, 0) is 14.3 Å². The topological polar surface area (TPSA) is 104 Å². The number of carbonyl (C=O) groups is 1. The smallest absolute Gasteiger partial charge is 0.418 e. The van der Waals surface area contributed by atoms with E-state index < -0.39 is 11.2 Å². The van der Waals surface area contributed by atoms with Crippen molar-refractivity contribution in [1.82, 2.24) is 4.90 Å². The molecule has 1 amide bonds. The van der Waals surface area contributed by atoms with E-state index in [1.54, 1.807) is 0 Å². The van der Waals surface area contributed by atoms with Crippen molar-refractivity contribution in [1.29, 1.82) is 0 Å². The van der Waals surface area contributed by atoms with Crippen molar-refractivity contribution in [2.45, 2.75) is 38.6 Å². The van der Waals surface area contributed by atoms with E-state index in [2.05, 4.69) is 16.8 Å². The zero-order valence-electron chi connectivity index (χ0n) is 12.6. The first-order chi connectivity index (χ1) is 10.6. The minimum absolute atomic E-state index is 0.00536. The molecule has 0 N–H and O–H groups in total. The molecule has 0 spiro atoms. The Kier molecular flexibility index (Phi) is 5.79. The van der Waals surface area contributed by atoms with Crippen molar-refractivity contribution in [3.63, 3.8) is 0 Å². The summed E-state index contributed by atoms with van der Waals surface area (Å²) >= 11 is 0. The Hall–Kier alpha value is -2.06. The fourth-order valence-electron chi connectivity index (χ4n) is 2.49. The number of carbonyl (C=O) groups excluding carboxylic acids is 1. The van der Waals surface area contributed by atoms with Gasteiger partial charge in [-0.05, 0) is 25.2 Å². The van der Waals surface area contributed by atoms with E-state index in [0.717, 1.165) is 25.7 Å². The van der Waals surface area contributed by atoms with E-state index in [-0.39, 0.29) is 19.3 Å². The monoisotopic (exact) mass is 315 g/mol. The summed E-state index contributed by atoms with van der Waals surface area (Å²) in [5, 5.41) is 9.15. The van der Waals surface area contributed by atoms with Crippen LogP contribution >= 0.6 is 0 Å². The van der Waals surface area contributed by atoms with Crippen LogP contribution in [0.5, 0.6) is 0 Å². The summed E-state index contributed by atoms with van der Waals surface area (Å²) in [5.41, 5.74) is 0. The molecule has 22 heavy (non-hydrogen) atoms. The van der Waals surface area contributed by atoms with Gasteiger partial charge in [-0.2, -0.15) is 0 Å². The van der Waals surface area contributed by atoms with E-state index >= 15 is 0 Å². The Balaban J connectivity index is 1.96. The number of hydrogen-bond donors (Lipinski definition) is 0. The van der Waals surface area contributed by atoms with Gasteiger partial charge in [0.05, 0.1) is 6.54 Å². The van der Waals surface area contributed by atoms with Gasteiger partial charge in [0, 0.05) is 6.04 Å². The number of nitrogens with zero attached hydrogens (tertiary/aromatic N) is 3. The Bertz CT molecular complexity index is 437. The van der Waals surface area contributed by atoms with Gasteiger partial charge in [0.1, 0.15) is 19.8 Å². The second kappa shape index (κ2) is 7.81. The molecular weight excluding hydrogens is 294 g/mol. The van der Waals surface area contributed by atoms with Crippen LogP contribution in [0, 0.1) is 16.0 Å². The van der Waals surface area contributed by atoms with Gasteiger partial charge in [0.2, 0.25) is 0 Å². The predicted octanol–water partition coefficient (Wildman–Crippen LogP) is 1.60. The van der Waals surface area contributed by atoms with E-state index in [1.807, 2.05) is 0 Å². The van der Waals surface area contributed by atoms with Crippen molar-refractivity contribution >= 4 is 12.1 Å². The summed E-state index contributed by atoms with van der Waals surface area (Å²) < 4.78 is 10.5. The van der Waals surface area contributed by atoms with E-state index in [0.29, 0.717) is 25.1 Å². The van der Waals surface area contributed by atoms with Crippen LogP contribution in [0.4, 0.5) is 4.79 Å². The highest BCUT2D eigenvalue weighted by Gasteiger charge is 2.41. The first kappa shape index (κ1) is 16.3. The lowest BCUT2D eigenvalue weighted by molar-refractivity contribution is -0.757. The number of amidine groups is 1. The maximum atomic E-state index is 12.3. The molecule has 0 aromatic rings. The van der Waals surface area contributed by atoms with Crippen molar-refractivity contribution in [3.05, 3.63) is 10.1 Å². The van der Waals surface area contributed by atoms with E-state index in [4.69, 9.17) is 9.47 Å². The first-order valence-electron chi connectivity index (χ1n) is 7.54. The molecule has 1 heterocycles. The van der Waals surface area contributed by atoms with E-state index in [1.165, 1.54) is 4.90 Å². The lowest BCUT2D eigenvalue weighted by Crippen LogP contribution is -2.46. The van der Waals surface area contributed by atoms with Crippen molar-refractivity contribution in [2.75, 3.05) is 26.4 Å². The average molecular weight is 315 g/mol. The van der Waals surface area contributed by atoms with Gasteiger partial charge in [-0.25, -0.2) is 14.7 Å². The molecule has 1 fully saturated rings. The first-order valence-corrected chi connectivity index (χ1v) is 7.54. The molecule has 1 aliphatic heterocycles. The van der Waals surface area contributed by atoms with Gasteiger partial charge in [0.15, 0.2) is 0 Å². The number of aliphatic imine (C=N–C) groups is 1. The van der Waals surface area contributed by atoms with Gasteiger partial charge in [-0.3, -0.25) is 0 Å². The molecule has 0 radical (unpaired) electrons. The largest absolute Gasteiger partial charge is 0.463 e. The maximum Gasteiger partial charge on any atom is 0.418 e. The number of ether oxygens (including phenoxy) is 2. The minimum atomic E-state index is -0.917. The number of hydrogen-bond acceptors (Lipinski definition) is 7. The van der Waals surface area contributed by atoms with Crippen LogP contribution in [0.25, 0.3) is 0 Å². The van der Waals surface area contributed by atoms with Gasteiger partial charge in [-0.15, -0.1) is 10.1 Å². The van der Waals surface area contributed by atoms with Crippen LogP contribution in [0.1, 0.15) is 32.6 Å². The van der Waals surface area contributed by atoms with Crippen molar-refractivity contribution in [2.24, 2.45) is 10.9 Å². The molecule has 1 unspecified atom stereocenters. The third-order valence-electron chi connectivity index (χ3n) is 3.56. The second-order valence-corrected chi connectivity index (χ2v) is 5.25.